The second kappa shape index (κ2) is 37.0. The highest BCUT2D eigenvalue weighted by molar-refractivity contribution is 6.12. The van der Waals surface area contributed by atoms with Crippen molar-refractivity contribution in [2.45, 2.75) is 195 Å². The summed E-state index contributed by atoms with van der Waals surface area (Å²) in [4.78, 5) is 168. The van der Waals surface area contributed by atoms with E-state index in [4.69, 9.17) is 15.2 Å². The average Bonchev–Trinajstić information content (AvgIpc) is 1.77. The smallest absolute Gasteiger partial charge is 0.410 e. The maximum atomic E-state index is 14.8. The lowest BCUT2D eigenvalue weighted by Gasteiger charge is -2.40. The molecule has 0 bridgehead atoms. The van der Waals surface area contributed by atoms with Crippen LogP contribution in [0, 0.1) is 35.5 Å². The predicted molar refractivity (Wildman–Crippen MR) is 350 cm³/mol. The molecule has 2 fully saturated rings. The summed E-state index contributed by atoms with van der Waals surface area (Å²) in [5, 5.41) is 11.2. The molecule has 2 aromatic carbocycles. The lowest BCUT2D eigenvalue weighted by molar-refractivity contribution is -0.150. The van der Waals surface area contributed by atoms with Gasteiger partial charge in [-0.2, -0.15) is 0 Å². The van der Waals surface area contributed by atoms with Crippen LogP contribution >= 0.6 is 0 Å². The van der Waals surface area contributed by atoms with Crippen molar-refractivity contribution < 1.29 is 67.0 Å². The molecule has 24 nitrogen and oxygen atoms in total. The number of nitrogens with one attached hydrogen (secondary N) is 4. The van der Waals surface area contributed by atoms with Crippen molar-refractivity contribution in [2.75, 3.05) is 52.7 Å². The number of carbonyl (C=O) groups excluding carboxylic acids is 12. The lowest BCUT2D eigenvalue weighted by atomic mass is 9.83. The first-order chi connectivity index (χ1) is 44.2. The number of hydrogen-bond donors (Lipinski definition) is 5. The zero-order valence-corrected chi connectivity index (χ0v) is 56.5. The van der Waals surface area contributed by atoms with Crippen LogP contribution in [0.4, 0.5) is 15.3 Å². The van der Waals surface area contributed by atoms with Crippen LogP contribution in [0.2, 0.25) is 0 Å². The van der Waals surface area contributed by atoms with Crippen molar-refractivity contribution >= 4 is 76.6 Å². The molecule has 11 amide bonds. The minimum atomic E-state index is -0.972. The Morgan fingerprint density at radius 3 is 1.95 bits per heavy atom. The van der Waals surface area contributed by atoms with Gasteiger partial charge in [-0.05, 0) is 98.3 Å². The topological polar surface area (TPSA) is 314 Å². The zero-order chi connectivity index (χ0) is 68.6. The number of hydrogen-bond acceptors (Lipinski definition) is 14. The molecule has 0 radical (unpaired) electrons. The van der Waals surface area contributed by atoms with Crippen molar-refractivity contribution in [3.05, 3.63) is 77.9 Å². The first-order valence-electron chi connectivity index (χ1n) is 33.1. The summed E-state index contributed by atoms with van der Waals surface area (Å²) in [7, 11) is 4.64. The van der Waals surface area contributed by atoms with E-state index in [9.17, 15) is 57.5 Å². The second-order valence-corrected chi connectivity index (χ2v) is 26.1. The van der Waals surface area contributed by atoms with Gasteiger partial charge in [-0.25, -0.2) is 9.59 Å². The Morgan fingerprint density at radius 1 is 0.699 bits per heavy atom. The third-order valence-electron chi connectivity index (χ3n) is 18.2. The van der Waals surface area contributed by atoms with Gasteiger partial charge in [-0.3, -0.25) is 52.8 Å². The molecule has 512 valence electrons. The molecule has 3 aliphatic rings. The Kier molecular flexibility index (Phi) is 30.1. The number of nitrogens with zero attached hydrogens (tertiary/aromatic N) is 5. The number of methoxy groups -OCH3 is 1. The Bertz CT molecular complexity index is 2920. The Labute approximate surface area is 548 Å². The largest absolute Gasteiger partial charge is 0.445 e. The van der Waals surface area contributed by atoms with Crippen molar-refractivity contribution in [2.24, 2.45) is 41.2 Å². The normalized spacial score (nSPS) is 17.8. The summed E-state index contributed by atoms with van der Waals surface area (Å²) in [5.41, 5.74) is 7.14. The van der Waals surface area contributed by atoms with Crippen LogP contribution in [0.15, 0.2) is 66.7 Å². The number of anilines is 1. The Morgan fingerprint density at radius 2 is 1.34 bits per heavy atom. The lowest BCUT2D eigenvalue weighted by Crippen LogP contribution is -2.55. The molecule has 3 aliphatic heterocycles. The van der Waals surface area contributed by atoms with Gasteiger partial charge in [0.25, 0.3) is 11.8 Å². The predicted octanol–water partition coefficient (Wildman–Crippen LogP) is 6.68. The summed E-state index contributed by atoms with van der Waals surface area (Å²) >= 11 is 0. The minimum Gasteiger partial charge on any atom is -0.445 e. The molecule has 3 heterocycles. The number of ketones is 2. The van der Waals surface area contributed by atoms with Gasteiger partial charge in [0.1, 0.15) is 18.7 Å². The van der Waals surface area contributed by atoms with Crippen LogP contribution in [-0.4, -0.2) is 179 Å². The van der Waals surface area contributed by atoms with Crippen molar-refractivity contribution in [3.8, 4) is 0 Å². The maximum Gasteiger partial charge on any atom is 0.410 e. The summed E-state index contributed by atoms with van der Waals surface area (Å²) < 4.78 is 11.8. The van der Waals surface area contributed by atoms with Gasteiger partial charge >= 0.3 is 12.1 Å². The number of likely N-dealkylation sites (tertiary alicyclic amines) is 2. The number of unbranched alkanes of at least 4 members (excludes halogenated alkanes) is 2. The number of urea groups is 1. The van der Waals surface area contributed by atoms with Gasteiger partial charge in [0.15, 0.2) is 11.6 Å². The third kappa shape index (κ3) is 22.1. The van der Waals surface area contributed by atoms with E-state index in [0.29, 0.717) is 88.7 Å². The highest BCUT2D eigenvalue weighted by atomic mass is 16.6. The van der Waals surface area contributed by atoms with Gasteiger partial charge < -0.3 is 56.1 Å². The third-order valence-corrected chi connectivity index (χ3v) is 18.2. The van der Waals surface area contributed by atoms with Crippen LogP contribution in [0.3, 0.4) is 0 Å². The van der Waals surface area contributed by atoms with Gasteiger partial charge in [0.2, 0.25) is 35.4 Å². The summed E-state index contributed by atoms with van der Waals surface area (Å²) in [6.45, 7) is 16.2. The molecule has 93 heavy (non-hydrogen) atoms. The number of imide groups is 1. The number of rotatable bonds is 37. The van der Waals surface area contributed by atoms with E-state index in [1.165, 1.54) is 31.2 Å². The molecule has 2 saturated heterocycles. The molecule has 5 rings (SSSR count). The maximum absolute atomic E-state index is 14.8. The quantitative estimate of drug-likeness (QED) is 0.0348. The fourth-order valence-electron chi connectivity index (χ4n) is 12.8. The molecule has 2 aromatic rings. The molecular weight excluding hydrogens is 1190 g/mol. The van der Waals surface area contributed by atoms with Crippen LogP contribution < -0.4 is 27.0 Å². The van der Waals surface area contributed by atoms with Crippen LogP contribution in [0.25, 0.3) is 0 Å². The molecule has 0 aliphatic carbocycles. The number of primary amides is 1. The molecular formula is C69H102N10O14. The Hall–Kier alpha value is -8.02. The van der Waals surface area contributed by atoms with Gasteiger partial charge in [-0.1, -0.05) is 111 Å². The highest BCUT2D eigenvalue weighted by Crippen LogP contribution is 2.31. The monoisotopic (exact) mass is 1290 g/mol. The summed E-state index contributed by atoms with van der Waals surface area (Å²) in [5.74, 6) is -6.17. The zero-order valence-electron chi connectivity index (χ0n) is 56.5. The fraction of sp³-hybridized carbons (Fsp3) is 0.623. The Balaban J connectivity index is 1.16. The number of likely N-dealkylation sites (N-methyl/N-ethyl adjacent to an activating group) is 2. The van der Waals surface area contributed by atoms with Crippen molar-refractivity contribution in [1.29, 1.82) is 0 Å². The number of nitrogens with two attached hydrogens (primary N) is 1. The van der Waals surface area contributed by atoms with E-state index < -0.39 is 66.2 Å². The van der Waals surface area contributed by atoms with Crippen LogP contribution in [-0.2, 0) is 70.6 Å². The average molecular weight is 1300 g/mol. The van der Waals surface area contributed by atoms with Crippen LogP contribution in [0.5, 0.6) is 0 Å². The molecule has 1 unspecified atom stereocenters. The first kappa shape index (κ1) is 75.7. The number of benzene rings is 2. The van der Waals surface area contributed by atoms with Crippen molar-refractivity contribution in [3.63, 3.8) is 0 Å². The number of ether oxygens (including phenoxy) is 2. The second-order valence-electron chi connectivity index (χ2n) is 26.1. The summed E-state index contributed by atoms with van der Waals surface area (Å²) in [6, 6.07) is 11.5. The fourth-order valence-corrected chi connectivity index (χ4v) is 12.8. The minimum absolute atomic E-state index is 0.114. The molecule has 9 atom stereocenters. The number of amides is 11. The number of carbonyl (C=O) groups is 12. The van der Waals surface area contributed by atoms with E-state index in [-0.39, 0.29) is 128 Å². The standard InChI is InChI=1S/C69H102N10O14/c1-12-46(8)63(56(92-11)40-60(85)77-36-21-26-53(77)67(89)78-37-20-25-52(78)65(87)72-41-47-22-15-13-16-23-47)75(9)66(88)51(43(2)3)39-55(81)62(45(6)7)76(10)69(91)93-42-48-28-30-50(31-29-48)73-64(86)49(24-19-34-71-68(70)90)38-54(80)61(44(4)5)74-57(82)27-17-14-18-35-79-58(83)32-33-59(79)84/h13,15-16,22-23,28-33,43-46,49,51-53,56,61-63H,12,14,17-21,24-27,34-42H2,1-11H3,(H,72,87)(H,73,86)(H,74,82)(H3,70,71,90)/t46-,49+,51-,52-,53-,56+,61-,62-,63?/m0/s1. The SMILES string of the molecule is CC[C@H](C)C([C@@H](CC(=O)N1CCC[C@H]1C(=O)N1CCC[C@H]1C(=O)NCc1ccccc1)OC)N(C)C(=O)[C@@H](CC(=O)[C@H](C(C)C)N(C)C(=O)OCc1ccc(NC(=O)[C@H](CCCNC(N)=O)CC(=O)[C@@H](NC(=O)CCCCCN2C(=O)C=CC2=O)C(C)C)cc1)C(C)C. The van der Waals surface area contributed by atoms with E-state index >= 15 is 0 Å². The molecule has 0 aromatic heterocycles. The van der Waals surface area contributed by atoms with Gasteiger partial charge in [-0.15, -0.1) is 0 Å². The highest BCUT2D eigenvalue weighted by Gasteiger charge is 2.45. The van der Waals surface area contributed by atoms with Gasteiger partial charge in [0.05, 0.1) is 30.7 Å². The van der Waals surface area contributed by atoms with E-state index in [1.54, 1.807) is 73.7 Å². The van der Waals surface area contributed by atoms with Crippen molar-refractivity contribution in [1.82, 2.24) is 40.4 Å². The first-order valence-corrected chi connectivity index (χ1v) is 33.1. The molecule has 24 heteroatoms. The summed E-state index contributed by atoms with van der Waals surface area (Å²) in [6.07, 6.45) is 5.46. The number of Topliss-reactive ketones (excluding diaryl/α,β-unsaturated/α-hetero) is 2. The molecule has 0 spiro atoms. The van der Waals surface area contributed by atoms with E-state index in [1.807, 2.05) is 58.0 Å². The molecule has 0 saturated carbocycles. The van der Waals surface area contributed by atoms with Gasteiger partial charge in [0, 0.05) is 103 Å². The van der Waals surface area contributed by atoms with E-state index in [2.05, 4.69) is 21.3 Å². The van der Waals surface area contributed by atoms with Crippen LogP contribution in [0.1, 0.15) is 156 Å². The molecule has 6 N–H and O–H groups in total. The van der Waals surface area contributed by atoms with E-state index in [0.717, 1.165) is 10.5 Å².